The number of anilines is 9. The van der Waals surface area contributed by atoms with Gasteiger partial charge >= 0.3 is 0 Å². The van der Waals surface area contributed by atoms with Crippen LogP contribution in [0.5, 0.6) is 0 Å². The minimum Gasteiger partial charge on any atom is -0.456 e. The standard InChI is InChI=1S/C48H31NO2.2C44H27NO2/c1-3-10-32(11-4-1)34-18-24-37(25-19-34)49(38-26-20-35(21-27-38)33-12-5-2-6-13-33)39-28-22-36(23-29-39)40-15-9-17-44-46(40)47-45(50-44)31-30-42-41-14-7-8-16-43(41)51-48(42)47;1-2-10-31(11-3-1)45(33-24-21-30-18-17-28-9-4-5-12-34(28)38(30)27-33)32-22-19-29(20-23-32)35-14-8-16-40-42(35)43-41(46-40)26-25-37-36-13-6-7-15-39(36)47-44(37)43;1-2-10-31(11-3-1)45(33-23-24-35-30(27-33)18-17-28-9-4-5-12-34(28)35)32-21-19-29(20-22-32)36-14-8-16-40-42(36)43-41(46-40)26-25-38-37-13-6-7-15-39(37)47-44(38)43/h1-31H;2*1-27H. The van der Waals surface area contributed by atoms with E-state index in [2.05, 4.69) is 476 Å². The Hall–Kier alpha value is -19.5. The van der Waals surface area contributed by atoms with E-state index in [1.807, 2.05) is 54.6 Å². The predicted octanol–water partition coefficient (Wildman–Crippen LogP) is 39.8. The van der Waals surface area contributed by atoms with E-state index < -0.39 is 0 Å². The Morgan fingerprint density at radius 2 is 0.359 bits per heavy atom. The highest BCUT2D eigenvalue weighted by molar-refractivity contribution is 6.28. The second-order valence-electron chi connectivity index (χ2n) is 37.1. The normalized spacial score (nSPS) is 11.7. The van der Waals surface area contributed by atoms with Crippen LogP contribution in [0, 0.1) is 0 Å². The SMILES string of the molecule is c1ccc(-c2ccc(N(c3ccc(-c4ccccc4)cc3)c3ccc(-c4cccc5oc6ccc7c8ccccc8oc7c6c45)cc3)cc2)cc1.c1ccc(N(c2ccc(-c3cccc4oc5ccc6c7ccccc7oc6c5c34)cc2)c2ccc3c(ccc4ccccc43)c2)cc1.c1ccc(N(c2ccc(-c3cccc4oc5ccc6c7ccccc7oc6c5c34)cc2)c2ccc3ccc4ccccc4c3c2)cc1. The van der Waals surface area contributed by atoms with Crippen LogP contribution in [-0.4, -0.2) is 0 Å². The van der Waals surface area contributed by atoms with Gasteiger partial charge in [0.1, 0.15) is 67.0 Å². The number of para-hydroxylation sites is 5. The van der Waals surface area contributed by atoms with Crippen LogP contribution >= 0.6 is 0 Å². The zero-order valence-corrected chi connectivity index (χ0v) is 78.4. The highest BCUT2D eigenvalue weighted by atomic mass is 16.4. The molecule has 9 heteroatoms. The fourth-order valence-electron chi connectivity index (χ4n) is 22.0. The Morgan fingerprint density at radius 3 is 0.738 bits per heavy atom. The van der Waals surface area contributed by atoms with Gasteiger partial charge in [-0.2, -0.15) is 0 Å². The number of hydrogen-bond acceptors (Lipinski definition) is 9. The summed E-state index contributed by atoms with van der Waals surface area (Å²) in [6, 6.07) is 182. The largest absolute Gasteiger partial charge is 0.456 e. The van der Waals surface area contributed by atoms with E-state index in [1.54, 1.807) is 0 Å². The number of furan rings is 6. The van der Waals surface area contributed by atoms with Crippen LogP contribution in [0.1, 0.15) is 0 Å². The summed E-state index contributed by atoms with van der Waals surface area (Å²) in [5.74, 6) is 0. The lowest BCUT2D eigenvalue weighted by molar-refractivity contribution is 0.662. The summed E-state index contributed by atoms with van der Waals surface area (Å²) in [6.07, 6.45) is 0. The fourth-order valence-corrected chi connectivity index (χ4v) is 22.0. The molecule has 0 fully saturated rings. The second-order valence-corrected chi connectivity index (χ2v) is 37.1. The first-order valence-corrected chi connectivity index (χ1v) is 49.1. The Labute approximate surface area is 832 Å². The average molecular weight is 1860 g/mol. The second kappa shape index (κ2) is 34.8. The van der Waals surface area contributed by atoms with E-state index in [9.17, 15) is 0 Å². The highest BCUT2D eigenvalue weighted by Gasteiger charge is 2.27. The number of fused-ring (bicyclic) bond motifs is 27. The molecule has 30 aromatic rings. The molecule has 0 amide bonds. The molecule has 145 heavy (non-hydrogen) atoms. The molecule has 6 aromatic heterocycles. The van der Waals surface area contributed by atoms with Crippen molar-refractivity contribution < 1.29 is 26.5 Å². The van der Waals surface area contributed by atoms with Gasteiger partial charge < -0.3 is 41.2 Å². The van der Waals surface area contributed by atoms with E-state index in [4.69, 9.17) is 26.5 Å². The van der Waals surface area contributed by atoms with Crippen molar-refractivity contribution >= 4 is 226 Å². The minimum atomic E-state index is 0.824. The molecule has 0 atom stereocenters. The monoisotopic (exact) mass is 1860 g/mol. The first-order valence-electron chi connectivity index (χ1n) is 49.1. The summed E-state index contributed by atoms with van der Waals surface area (Å²) >= 11 is 0. The molecule has 0 aliphatic carbocycles. The Kier molecular flexibility index (Phi) is 20.1. The number of benzene rings is 24. The first kappa shape index (κ1) is 83.7. The van der Waals surface area contributed by atoms with Crippen LogP contribution in [0.15, 0.2) is 542 Å². The van der Waals surface area contributed by atoms with Gasteiger partial charge in [0.25, 0.3) is 0 Å². The lowest BCUT2D eigenvalue weighted by atomic mass is 9.98. The van der Waals surface area contributed by atoms with Gasteiger partial charge in [0, 0.05) is 99.7 Å². The molecule has 30 rings (SSSR count). The van der Waals surface area contributed by atoms with Gasteiger partial charge in [-0.15, -0.1) is 0 Å². The smallest absolute Gasteiger partial charge is 0.147 e. The maximum absolute atomic E-state index is 6.48. The Bertz CT molecular complexity index is 10200. The molecular formula is C136H85N3O6. The van der Waals surface area contributed by atoms with Crippen LogP contribution < -0.4 is 14.7 Å². The molecular weight excluding hydrogens is 1770 g/mol. The fraction of sp³-hybridized carbons (Fsp3) is 0. The molecule has 6 heterocycles. The number of hydrogen-bond donors (Lipinski definition) is 0. The van der Waals surface area contributed by atoms with Crippen molar-refractivity contribution in [1.29, 1.82) is 0 Å². The van der Waals surface area contributed by atoms with Gasteiger partial charge in [0.05, 0.1) is 16.2 Å². The van der Waals surface area contributed by atoms with E-state index in [0.717, 1.165) is 216 Å². The maximum atomic E-state index is 6.48. The summed E-state index contributed by atoms with van der Waals surface area (Å²) in [4.78, 5) is 6.97. The van der Waals surface area contributed by atoms with E-state index in [1.165, 1.54) is 65.3 Å². The summed E-state index contributed by atoms with van der Waals surface area (Å²) < 4.78 is 38.6. The van der Waals surface area contributed by atoms with Crippen LogP contribution in [0.4, 0.5) is 51.2 Å². The van der Waals surface area contributed by atoms with Crippen LogP contribution in [0.2, 0.25) is 0 Å². The molecule has 0 N–H and O–H groups in total. The van der Waals surface area contributed by atoms with Crippen molar-refractivity contribution in [2.75, 3.05) is 14.7 Å². The summed E-state index contributed by atoms with van der Waals surface area (Å²) in [7, 11) is 0. The van der Waals surface area contributed by atoms with E-state index >= 15 is 0 Å². The minimum absolute atomic E-state index is 0.824. The van der Waals surface area contributed by atoms with E-state index in [0.29, 0.717) is 0 Å². The molecule has 9 nitrogen and oxygen atoms in total. The topological polar surface area (TPSA) is 88.6 Å². The molecule has 0 radical (unpaired) electrons. The predicted molar refractivity (Wildman–Crippen MR) is 604 cm³/mol. The lowest BCUT2D eigenvalue weighted by Crippen LogP contribution is -2.09. The zero-order chi connectivity index (χ0) is 95.5. The molecule has 0 aliphatic heterocycles. The van der Waals surface area contributed by atoms with Gasteiger partial charge in [0.2, 0.25) is 0 Å². The molecule has 0 unspecified atom stereocenters. The molecule has 0 aliphatic rings. The zero-order valence-electron chi connectivity index (χ0n) is 78.4. The van der Waals surface area contributed by atoms with Gasteiger partial charge in [-0.3, -0.25) is 0 Å². The Balaban J connectivity index is 0.000000106. The van der Waals surface area contributed by atoms with Crippen molar-refractivity contribution in [3.05, 3.63) is 516 Å². The first-order chi connectivity index (χ1) is 71.9. The van der Waals surface area contributed by atoms with Gasteiger partial charge in [0.15, 0.2) is 0 Å². The molecule has 0 saturated heterocycles. The van der Waals surface area contributed by atoms with Crippen molar-refractivity contribution in [1.82, 2.24) is 0 Å². The third kappa shape index (κ3) is 14.5. The molecule has 0 bridgehead atoms. The average Bonchev–Trinajstić information content (AvgIpc) is 1.58. The molecule has 0 spiro atoms. The molecule has 680 valence electrons. The summed E-state index contributed by atoms with van der Waals surface area (Å²) in [5.41, 5.74) is 31.6. The van der Waals surface area contributed by atoms with E-state index in [-0.39, 0.29) is 0 Å². The van der Waals surface area contributed by atoms with Gasteiger partial charge in [-0.05, 0) is 281 Å². The summed E-state index contributed by atoms with van der Waals surface area (Å²) in [6.45, 7) is 0. The van der Waals surface area contributed by atoms with Crippen LogP contribution in [-0.2, 0) is 0 Å². The third-order valence-corrected chi connectivity index (χ3v) is 28.8. The maximum Gasteiger partial charge on any atom is 0.147 e. The van der Waals surface area contributed by atoms with Crippen molar-refractivity contribution in [2.45, 2.75) is 0 Å². The highest BCUT2D eigenvalue weighted by Crippen LogP contribution is 2.51. The van der Waals surface area contributed by atoms with Crippen molar-refractivity contribution in [2.24, 2.45) is 0 Å². The summed E-state index contributed by atoms with van der Waals surface area (Å²) in [5, 5.41) is 22.9. The van der Waals surface area contributed by atoms with Gasteiger partial charge in [-0.1, -0.05) is 334 Å². The van der Waals surface area contributed by atoms with Crippen molar-refractivity contribution in [3.63, 3.8) is 0 Å². The van der Waals surface area contributed by atoms with Gasteiger partial charge in [-0.25, -0.2) is 0 Å². The quantitative estimate of drug-likeness (QED) is 0.0988. The third-order valence-electron chi connectivity index (χ3n) is 28.8. The molecule has 0 saturated carbocycles. The lowest BCUT2D eigenvalue weighted by Gasteiger charge is -2.26. The molecule has 24 aromatic carbocycles. The van der Waals surface area contributed by atoms with Crippen LogP contribution in [0.3, 0.4) is 0 Å². The van der Waals surface area contributed by atoms with Crippen LogP contribution in [0.25, 0.3) is 230 Å². The number of rotatable bonds is 14. The Morgan fingerprint density at radius 1 is 0.117 bits per heavy atom. The number of nitrogens with zero attached hydrogens (tertiary/aromatic N) is 3. The van der Waals surface area contributed by atoms with Crippen molar-refractivity contribution in [3.8, 4) is 55.6 Å².